The molecule has 4 amide bonds. The van der Waals surface area contributed by atoms with Crippen LogP contribution in [0, 0.1) is 33.1 Å². The molecule has 0 saturated carbocycles. The molecule has 0 bridgehead atoms. The molecule has 2 aliphatic heterocycles. The zero-order valence-corrected chi connectivity index (χ0v) is 43.0. The zero-order chi connectivity index (χ0) is 48.9. The Balaban J connectivity index is 0.840. The van der Waals surface area contributed by atoms with E-state index in [0.29, 0.717) is 30.3 Å². The van der Waals surface area contributed by atoms with E-state index in [0.717, 1.165) is 59.8 Å². The number of aromatic nitrogens is 4. The Kier molecular flexibility index (Phi) is 16.6. The molecule has 68 heavy (non-hydrogen) atoms. The predicted molar refractivity (Wildman–Crippen MR) is 270 cm³/mol. The number of carbonyl (C=O) groups excluding carboxylic acids is 4. The second-order valence-corrected chi connectivity index (χ2v) is 21.6. The van der Waals surface area contributed by atoms with Crippen molar-refractivity contribution in [1.29, 1.82) is 0 Å². The number of thiol groups is 1. The minimum absolute atomic E-state index is 0.0631. The van der Waals surface area contributed by atoms with Gasteiger partial charge >= 0.3 is 0 Å². The first kappa shape index (κ1) is 50.9. The molecule has 2 aliphatic rings. The SMILES string of the molecule is Cc1ncsc1-c1ccc([C@H](C)NC(=O)[C@@H]2C[C@@H](S)CN2C(=O)[C@@H](NC(=O)COCCCOCCNC(=O)C[C@@H]2N=C(c3ccc(Cl)cc3)c3c(sc(C)c3C)-n3c(C)nnc32)C(C)(C)C)cc1. The summed E-state index contributed by atoms with van der Waals surface area (Å²) in [6.45, 7) is 16.8. The predicted octanol–water partition coefficient (Wildman–Crippen LogP) is 7.47. The number of fused-ring (bicyclic) bond motifs is 3. The van der Waals surface area contributed by atoms with Gasteiger partial charge < -0.3 is 30.3 Å². The van der Waals surface area contributed by atoms with Gasteiger partial charge in [0, 0.05) is 52.6 Å². The largest absolute Gasteiger partial charge is 0.380 e. The summed E-state index contributed by atoms with van der Waals surface area (Å²) in [7, 11) is 0. The summed E-state index contributed by atoms with van der Waals surface area (Å²) in [4.78, 5) is 67.7. The van der Waals surface area contributed by atoms with Crippen LogP contribution in [0.5, 0.6) is 0 Å². The number of aryl methyl sites for hydroxylation is 3. The van der Waals surface area contributed by atoms with Gasteiger partial charge in [0.05, 0.1) is 40.9 Å². The number of amides is 4. The van der Waals surface area contributed by atoms with Crippen LogP contribution in [-0.2, 0) is 28.7 Å². The Morgan fingerprint density at radius 2 is 1.63 bits per heavy atom. The molecule has 5 aromatic rings. The fourth-order valence-corrected chi connectivity index (χ4v) is 10.9. The lowest BCUT2D eigenvalue weighted by atomic mass is 9.85. The molecule has 3 aromatic heterocycles. The van der Waals surface area contributed by atoms with Crippen molar-refractivity contribution in [3.63, 3.8) is 0 Å². The average Bonchev–Trinajstić information content (AvgIpc) is 4.07. The van der Waals surface area contributed by atoms with Crippen LogP contribution in [0.25, 0.3) is 15.4 Å². The minimum atomic E-state index is -0.907. The minimum Gasteiger partial charge on any atom is -0.380 e. The first-order valence-electron chi connectivity index (χ1n) is 22.8. The summed E-state index contributed by atoms with van der Waals surface area (Å²) >= 11 is 14.1. The third-order valence-electron chi connectivity index (χ3n) is 12.2. The van der Waals surface area contributed by atoms with Crippen LogP contribution >= 0.6 is 46.9 Å². The summed E-state index contributed by atoms with van der Waals surface area (Å²) < 4.78 is 13.4. The van der Waals surface area contributed by atoms with Crippen LogP contribution in [0.2, 0.25) is 5.02 Å². The number of likely N-dealkylation sites (tertiary alicyclic amines) is 1. The van der Waals surface area contributed by atoms with Crippen molar-refractivity contribution in [1.82, 2.24) is 40.6 Å². The third-order valence-corrected chi connectivity index (χ3v) is 15.0. The highest BCUT2D eigenvalue weighted by Gasteiger charge is 2.44. The number of hydrogen-bond donors (Lipinski definition) is 4. The fraction of sp³-hybridized carbons (Fsp3) is 0.469. The molecule has 19 heteroatoms. The summed E-state index contributed by atoms with van der Waals surface area (Å²) in [5.41, 5.74) is 7.93. The maximum atomic E-state index is 14.2. The molecule has 0 aliphatic carbocycles. The quantitative estimate of drug-likeness (QED) is 0.0512. The van der Waals surface area contributed by atoms with Crippen molar-refractivity contribution in [2.45, 2.75) is 104 Å². The first-order chi connectivity index (χ1) is 32.4. The van der Waals surface area contributed by atoms with Crippen molar-refractivity contribution in [3.05, 3.63) is 104 Å². The molecule has 362 valence electrons. The van der Waals surface area contributed by atoms with E-state index in [4.69, 9.17) is 26.1 Å². The van der Waals surface area contributed by atoms with Crippen LogP contribution in [0.15, 0.2) is 59.0 Å². The number of nitrogens with one attached hydrogen (secondary N) is 3. The number of halogens is 1. The molecule has 0 spiro atoms. The molecule has 7 rings (SSSR count). The number of benzene rings is 2. The van der Waals surface area contributed by atoms with Gasteiger partial charge in [-0.15, -0.1) is 32.9 Å². The van der Waals surface area contributed by atoms with Gasteiger partial charge in [-0.3, -0.25) is 28.7 Å². The van der Waals surface area contributed by atoms with Crippen LogP contribution in [-0.4, -0.2) is 111 Å². The molecular weight excluding hydrogens is 942 g/mol. The van der Waals surface area contributed by atoms with E-state index in [1.165, 1.54) is 0 Å². The Bertz CT molecular complexity index is 2640. The number of rotatable bonds is 18. The molecular formula is C49H60ClN9O6S3. The highest BCUT2D eigenvalue weighted by molar-refractivity contribution is 7.81. The van der Waals surface area contributed by atoms with E-state index in [1.807, 2.05) is 100 Å². The number of carbonyl (C=O) groups is 4. The molecule has 0 radical (unpaired) electrons. The summed E-state index contributed by atoms with van der Waals surface area (Å²) in [6, 6.07) is 13.1. The number of ether oxygens (including phenoxy) is 2. The third kappa shape index (κ3) is 11.9. The van der Waals surface area contributed by atoms with Crippen LogP contribution in [0.1, 0.15) is 104 Å². The Morgan fingerprint density at radius 3 is 2.32 bits per heavy atom. The van der Waals surface area contributed by atoms with E-state index >= 15 is 0 Å². The van der Waals surface area contributed by atoms with E-state index in [1.54, 1.807) is 27.6 Å². The van der Waals surface area contributed by atoms with Crippen molar-refractivity contribution in [3.8, 4) is 15.4 Å². The number of aliphatic imine (C=N–C) groups is 1. The normalized spacial score (nSPS) is 17.7. The fourth-order valence-electron chi connectivity index (χ4n) is 8.39. The summed E-state index contributed by atoms with van der Waals surface area (Å²) in [6.07, 6.45) is 0.962. The van der Waals surface area contributed by atoms with Crippen LogP contribution in [0.3, 0.4) is 0 Å². The molecule has 3 N–H and O–H groups in total. The topological polar surface area (TPSA) is 182 Å². The van der Waals surface area contributed by atoms with Gasteiger partial charge in [-0.2, -0.15) is 12.6 Å². The van der Waals surface area contributed by atoms with Gasteiger partial charge in [0.1, 0.15) is 35.6 Å². The van der Waals surface area contributed by atoms with E-state index in [-0.39, 0.29) is 68.3 Å². The van der Waals surface area contributed by atoms with Gasteiger partial charge in [-0.05, 0) is 81.7 Å². The molecule has 1 saturated heterocycles. The Hall–Kier alpha value is -4.98. The van der Waals surface area contributed by atoms with Crippen molar-refractivity contribution < 1.29 is 28.7 Å². The highest BCUT2D eigenvalue weighted by Crippen LogP contribution is 2.40. The van der Waals surface area contributed by atoms with E-state index in [9.17, 15) is 19.2 Å². The van der Waals surface area contributed by atoms with Crippen molar-refractivity contribution in [2.75, 3.05) is 39.5 Å². The van der Waals surface area contributed by atoms with Crippen molar-refractivity contribution >= 4 is 76.2 Å². The van der Waals surface area contributed by atoms with Crippen LogP contribution in [0.4, 0.5) is 0 Å². The van der Waals surface area contributed by atoms with Gasteiger partial charge in [-0.25, -0.2) is 4.98 Å². The molecule has 2 aromatic carbocycles. The van der Waals surface area contributed by atoms with Gasteiger partial charge in [0.2, 0.25) is 23.6 Å². The Labute approximate surface area is 416 Å². The van der Waals surface area contributed by atoms with Gasteiger partial charge in [0.15, 0.2) is 5.82 Å². The lowest BCUT2D eigenvalue weighted by Gasteiger charge is -2.35. The summed E-state index contributed by atoms with van der Waals surface area (Å²) in [5.74, 6) is 0.0690. The van der Waals surface area contributed by atoms with E-state index < -0.39 is 29.4 Å². The van der Waals surface area contributed by atoms with Crippen LogP contribution < -0.4 is 16.0 Å². The monoisotopic (exact) mass is 1000 g/mol. The molecule has 1 fully saturated rings. The molecule has 0 unspecified atom stereocenters. The second kappa shape index (κ2) is 22.2. The highest BCUT2D eigenvalue weighted by atomic mass is 35.5. The van der Waals surface area contributed by atoms with Crippen molar-refractivity contribution in [2.24, 2.45) is 10.4 Å². The Morgan fingerprint density at radius 1 is 0.926 bits per heavy atom. The summed E-state index contributed by atoms with van der Waals surface area (Å²) in [5, 5.41) is 19.2. The van der Waals surface area contributed by atoms with Gasteiger partial charge in [0.25, 0.3) is 0 Å². The lowest BCUT2D eigenvalue weighted by Crippen LogP contribution is -2.58. The second-order valence-electron chi connectivity index (χ2n) is 18.4. The van der Waals surface area contributed by atoms with E-state index in [2.05, 4.69) is 57.6 Å². The smallest absolute Gasteiger partial charge is 0.246 e. The number of thiophene rings is 1. The first-order valence-corrected chi connectivity index (χ1v) is 25.4. The number of thiazole rings is 1. The standard InChI is InChI=1S/C49H60ClN9O6S3/c1-27-30(4)68-48-41(27)42(33-14-16-35(50)17-15-33)54-37(45-57-56-31(5)59(45)48)23-39(60)51-18-21-64-19-9-20-65-25-40(61)55-44(49(6,7)8)47(63)58-24-36(66)22-38(58)46(62)53-28(2)32-10-12-34(13-11-32)43-29(3)52-26-67-43/h10-17,26,28,36-38,44,66H,9,18-25H2,1-8H3,(H,51,60)(H,53,62)(H,55,61)/t28-,36+,37-,38-,44+/m0/s1. The maximum absolute atomic E-state index is 14.2. The zero-order valence-electron chi connectivity index (χ0n) is 39.7. The molecule has 5 heterocycles. The molecule has 5 atom stereocenters. The lowest BCUT2D eigenvalue weighted by molar-refractivity contribution is -0.144. The average molecular weight is 1000 g/mol. The molecule has 15 nitrogen and oxygen atoms in total. The number of nitrogens with zero attached hydrogens (tertiary/aromatic N) is 6. The number of hydrogen-bond acceptors (Lipinski definition) is 13. The van der Waals surface area contributed by atoms with Gasteiger partial charge in [-0.1, -0.05) is 68.8 Å². The maximum Gasteiger partial charge on any atom is 0.246 e.